The summed E-state index contributed by atoms with van der Waals surface area (Å²) in [5, 5.41) is 1.17. The van der Waals surface area contributed by atoms with E-state index in [1.807, 2.05) is 26.0 Å². The molecular formula is C9H10BrCl2N. The minimum atomic E-state index is -0.423. The maximum Gasteiger partial charge on any atom is 0.0566 e. The second-order valence-corrected chi connectivity index (χ2v) is 5.08. The van der Waals surface area contributed by atoms with Gasteiger partial charge in [-0.3, -0.25) is 0 Å². The average Bonchev–Trinajstić information content (AvgIpc) is 1.97. The molecule has 0 aliphatic heterocycles. The van der Waals surface area contributed by atoms with Crippen LogP contribution in [-0.4, -0.2) is 0 Å². The first kappa shape index (κ1) is 11.3. The Labute approximate surface area is 96.3 Å². The van der Waals surface area contributed by atoms with Crippen molar-refractivity contribution in [3.8, 4) is 0 Å². The summed E-state index contributed by atoms with van der Waals surface area (Å²) < 4.78 is 0.712. The summed E-state index contributed by atoms with van der Waals surface area (Å²) in [6, 6.07) is 3.63. The molecule has 0 spiro atoms. The molecule has 4 heteroatoms. The zero-order chi connectivity index (χ0) is 10.2. The summed E-state index contributed by atoms with van der Waals surface area (Å²) in [5.41, 5.74) is 6.41. The molecule has 0 amide bonds. The molecule has 0 atom stereocenters. The Kier molecular flexibility index (Phi) is 3.29. The third-order valence-corrected chi connectivity index (χ3v) is 3.63. The Bertz CT molecular complexity index is 308. The van der Waals surface area contributed by atoms with Crippen LogP contribution in [-0.2, 0) is 5.54 Å². The van der Waals surface area contributed by atoms with Gasteiger partial charge in [-0.05, 0) is 47.5 Å². The van der Waals surface area contributed by atoms with Crippen molar-refractivity contribution in [2.75, 3.05) is 0 Å². The molecule has 0 aromatic heterocycles. The molecule has 1 aromatic carbocycles. The molecule has 0 heterocycles. The van der Waals surface area contributed by atoms with Crippen LogP contribution in [0.4, 0.5) is 0 Å². The van der Waals surface area contributed by atoms with E-state index in [0.717, 1.165) is 5.56 Å². The summed E-state index contributed by atoms with van der Waals surface area (Å²) in [7, 11) is 0. The quantitative estimate of drug-likeness (QED) is 0.776. The van der Waals surface area contributed by atoms with Crippen LogP contribution in [0.25, 0.3) is 0 Å². The van der Waals surface area contributed by atoms with Gasteiger partial charge in [0.15, 0.2) is 0 Å². The molecule has 1 rings (SSSR count). The fraction of sp³-hybridized carbons (Fsp3) is 0.333. The largest absolute Gasteiger partial charge is 0.322 e. The second-order valence-electron chi connectivity index (χ2n) is 3.48. The van der Waals surface area contributed by atoms with Crippen LogP contribution in [0.5, 0.6) is 0 Å². The van der Waals surface area contributed by atoms with Crippen molar-refractivity contribution in [3.63, 3.8) is 0 Å². The zero-order valence-corrected chi connectivity index (χ0v) is 10.5. The Hall–Kier alpha value is 0.240. The van der Waals surface area contributed by atoms with Crippen molar-refractivity contribution >= 4 is 39.1 Å². The van der Waals surface area contributed by atoms with Gasteiger partial charge in [-0.25, -0.2) is 0 Å². The molecule has 0 radical (unpaired) electrons. The van der Waals surface area contributed by atoms with E-state index in [9.17, 15) is 0 Å². The van der Waals surface area contributed by atoms with E-state index in [2.05, 4.69) is 15.9 Å². The summed E-state index contributed by atoms with van der Waals surface area (Å²) >= 11 is 15.2. The monoisotopic (exact) mass is 281 g/mol. The van der Waals surface area contributed by atoms with Crippen LogP contribution in [0.2, 0.25) is 10.0 Å². The van der Waals surface area contributed by atoms with Gasteiger partial charge < -0.3 is 5.73 Å². The highest BCUT2D eigenvalue weighted by molar-refractivity contribution is 9.10. The number of rotatable bonds is 1. The fourth-order valence-electron chi connectivity index (χ4n) is 0.928. The summed E-state index contributed by atoms with van der Waals surface area (Å²) in [6.07, 6.45) is 0. The lowest BCUT2D eigenvalue weighted by atomic mass is 9.96. The molecule has 1 aromatic rings. The van der Waals surface area contributed by atoms with Crippen molar-refractivity contribution in [2.45, 2.75) is 19.4 Å². The maximum absolute atomic E-state index is 5.94. The van der Waals surface area contributed by atoms with Crippen molar-refractivity contribution < 1.29 is 0 Å². The molecule has 2 N–H and O–H groups in total. The smallest absolute Gasteiger partial charge is 0.0566 e. The third kappa shape index (κ3) is 2.59. The van der Waals surface area contributed by atoms with Crippen molar-refractivity contribution in [1.29, 1.82) is 0 Å². The van der Waals surface area contributed by atoms with Crippen LogP contribution in [0.15, 0.2) is 16.6 Å². The number of nitrogens with two attached hydrogens (primary N) is 1. The predicted molar refractivity (Wildman–Crippen MR) is 61.4 cm³/mol. The molecular weight excluding hydrogens is 273 g/mol. The van der Waals surface area contributed by atoms with E-state index in [1.165, 1.54) is 0 Å². The van der Waals surface area contributed by atoms with Gasteiger partial charge in [0, 0.05) is 5.54 Å². The Morgan fingerprint density at radius 3 is 1.92 bits per heavy atom. The number of benzene rings is 1. The first-order chi connectivity index (χ1) is 5.82. The predicted octanol–water partition coefficient (Wildman–Crippen LogP) is 3.95. The molecule has 0 saturated carbocycles. The molecule has 1 nitrogen and oxygen atoms in total. The molecule has 0 fully saturated rings. The highest BCUT2D eigenvalue weighted by Gasteiger charge is 2.16. The summed E-state index contributed by atoms with van der Waals surface area (Å²) in [5.74, 6) is 0. The van der Waals surface area contributed by atoms with Crippen LogP contribution in [0, 0.1) is 0 Å². The first-order valence-electron chi connectivity index (χ1n) is 3.76. The van der Waals surface area contributed by atoms with E-state index in [4.69, 9.17) is 28.9 Å². The SMILES string of the molecule is CC(C)(N)c1cc(Cl)c(Br)c(Cl)c1. The molecule has 0 aliphatic carbocycles. The minimum absolute atomic E-state index is 0.423. The Morgan fingerprint density at radius 1 is 1.23 bits per heavy atom. The lowest BCUT2D eigenvalue weighted by Gasteiger charge is -2.20. The Morgan fingerprint density at radius 2 is 1.62 bits per heavy atom. The van der Waals surface area contributed by atoms with Gasteiger partial charge in [0.1, 0.15) is 0 Å². The van der Waals surface area contributed by atoms with Gasteiger partial charge in [0.2, 0.25) is 0 Å². The minimum Gasteiger partial charge on any atom is -0.322 e. The number of hydrogen-bond acceptors (Lipinski definition) is 1. The maximum atomic E-state index is 5.94. The van der Waals surface area contributed by atoms with Gasteiger partial charge >= 0.3 is 0 Å². The topological polar surface area (TPSA) is 26.0 Å². The van der Waals surface area contributed by atoms with Crippen LogP contribution in [0.3, 0.4) is 0 Å². The van der Waals surface area contributed by atoms with E-state index < -0.39 is 5.54 Å². The van der Waals surface area contributed by atoms with Crippen LogP contribution in [0.1, 0.15) is 19.4 Å². The average molecular weight is 283 g/mol. The highest BCUT2D eigenvalue weighted by Crippen LogP contribution is 2.34. The highest BCUT2D eigenvalue weighted by atomic mass is 79.9. The van der Waals surface area contributed by atoms with E-state index in [1.54, 1.807) is 0 Å². The van der Waals surface area contributed by atoms with Crippen molar-refractivity contribution in [3.05, 3.63) is 32.2 Å². The van der Waals surface area contributed by atoms with Crippen LogP contribution < -0.4 is 5.73 Å². The summed E-state index contributed by atoms with van der Waals surface area (Å²) in [4.78, 5) is 0. The zero-order valence-electron chi connectivity index (χ0n) is 7.37. The van der Waals surface area contributed by atoms with E-state index in [-0.39, 0.29) is 0 Å². The molecule has 0 aliphatic rings. The number of hydrogen-bond donors (Lipinski definition) is 1. The van der Waals surface area contributed by atoms with E-state index in [0.29, 0.717) is 14.5 Å². The Balaban J connectivity index is 3.29. The van der Waals surface area contributed by atoms with Gasteiger partial charge in [0.05, 0.1) is 14.5 Å². The van der Waals surface area contributed by atoms with Gasteiger partial charge in [-0.2, -0.15) is 0 Å². The van der Waals surface area contributed by atoms with E-state index >= 15 is 0 Å². The lowest BCUT2D eigenvalue weighted by molar-refractivity contribution is 0.554. The van der Waals surface area contributed by atoms with Crippen molar-refractivity contribution in [2.24, 2.45) is 5.73 Å². The van der Waals surface area contributed by atoms with Gasteiger partial charge in [-0.15, -0.1) is 0 Å². The second kappa shape index (κ2) is 3.77. The fourth-order valence-corrected chi connectivity index (χ4v) is 1.64. The normalized spacial score (nSPS) is 11.8. The molecule has 13 heavy (non-hydrogen) atoms. The molecule has 0 unspecified atom stereocenters. The summed E-state index contributed by atoms with van der Waals surface area (Å²) in [6.45, 7) is 3.81. The number of halogens is 3. The molecule has 0 saturated heterocycles. The molecule has 0 bridgehead atoms. The van der Waals surface area contributed by atoms with Crippen molar-refractivity contribution in [1.82, 2.24) is 0 Å². The van der Waals surface area contributed by atoms with Gasteiger partial charge in [0.25, 0.3) is 0 Å². The lowest BCUT2D eigenvalue weighted by Crippen LogP contribution is -2.28. The third-order valence-electron chi connectivity index (χ3n) is 1.73. The molecule has 72 valence electrons. The first-order valence-corrected chi connectivity index (χ1v) is 5.31. The van der Waals surface area contributed by atoms with Crippen LogP contribution >= 0.6 is 39.1 Å². The standard InChI is InChI=1S/C9H10BrCl2N/c1-9(2,13)5-3-6(11)8(10)7(12)4-5/h3-4H,13H2,1-2H3. The van der Waals surface area contributed by atoms with Gasteiger partial charge in [-0.1, -0.05) is 23.2 Å².